The third-order valence-corrected chi connectivity index (χ3v) is 3.06. The molecule has 0 saturated heterocycles. The number of benzene rings is 2. The molecule has 0 fully saturated rings. The number of hydrogen-bond donors (Lipinski definition) is 2. The molecule has 0 heterocycles. The van der Waals surface area contributed by atoms with E-state index in [1.165, 1.54) is 5.56 Å². The monoisotopic (exact) mass is 255 g/mol. The van der Waals surface area contributed by atoms with Gasteiger partial charge in [-0.3, -0.25) is 4.79 Å². The molecule has 3 nitrogen and oxygen atoms in total. The van der Waals surface area contributed by atoms with Crippen LogP contribution < -0.4 is 5.73 Å². The first-order chi connectivity index (χ1) is 9.20. The Balaban J connectivity index is 2.32. The maximum atomic E-state index is 10.9. The van der Waals surface area contributed by atoms with Crippen LogP contribution in [0.1, 0.15) is 11.1 Å². The molecule has 0 atom stereocenters. The van der Waals surface area contributed by atoms with E-state index >= 15 is 0 Å². The summed E-state index contributed by atoms with van der Waals surface area (Å²) in [5.74, 6) is -0.813. The highest BCUT2D eigenvalue weighted by atomic mass is 16.4. The van der Waals surface area contributed by atoms with Crippen LogP contribution in [-0.4, -0.2) is 17.6 Å². The van der Waals surface area contributed by atoms with Crippen molar-refractivity contribution < 1.29 is 9.90 Å². The summed E-state index contributed by atoms with van der Waals surface area (Å²) in [7, 11) is 0. The SMILES string of the molecule is NCCc1ccc(-c2ccccc2CC(=O)O)cc1. The van der Waals surface area contributed by atoms with Crippen molar-refractivity contribution in [3.05, 3.63) is 59.7 Å². The fourth-order valence-corrected chi connectivity index (χ4v) is 2.14. The molecule has 2 aromatic rings. The first kappa shape index (κ1) is 13.3. The van der Waals surface area contributed by atoms with E-state index in [1.54, 1.807) is 0 Å². The molecule has 0 aliphatic carbocycles. The highest BCUT2D eigenvalue weighted by Crippen LogP contribution is 2.24. The number of aliphatic carboxylic acids is 1. The minimum Gasteiger partial charge on any atom is -0.481 e. The van der Waals surface area contributed by atoms with Crippen molar-refractivity contribution in [2.75, 3.05) is 6.54 Å². The normalized spacial score (nSPS) is 10.4. The Labute approximate surface area is 112 Å². The molecule has 3 heteroatoms. The summed E-state index contributed by atoms with van der Waals surface area (Å²) < 4.78 is 0. The lowest BCUT2D eigenvalue weighted by Gasteiger charge is -2.08. The third-order valence-electron chi connectivity index (χ3n) is 3.06. The Kier molecular flexibility index (Phi) is 4.31. The molecule has 0 aliphatic rings. The van der Waals surface area contributed by atoms with E-state index in [0.29, 0.717) is 6.54 Å². The number of rotatable bonds is 5. The van der Waals surface area contributed by atoms with Crippen molar-refractivity contribution >= 4 is 5.97 Å². The highest BCUT2D eigenvalue weighted by Gasteiger charge is 2.07. The maximum Gasteiger partial charge on any atom is 0.307 e. The van der Waals surface area contributed by atoms with Crippen LogP contribution in [0.3, 0.4) is 0 Å². The van der Waals surface area contributed by atoms with Gasteiger partial charge in [-0.2, -0.15) is 0 Å². The largest absolute Gasteiger partial charge is 0.481 e. The zero-order valence-corrected chi connectivity index (χ0v) is 10.7. The lowest BCUT2D eigenvalue weighted by molar-refractivity contribution is -0.136. The van der Waals surface area contributed by atoms with E-state index in [0.717, 1.165) is 23.1 Å². The molecule has 0 spiro atoms. The van der Waals surface area contributed by atoms with E-state index in [-0.39, 0.29) is 6.42 Å². The molecule has 0 unspecified atom stereocenters. The second-order valence-electron chi connectivity index (χ2n) is 4.46. The first-order valence-electron chi connectivity index (χ1n) is 6.30. The van der Waals surface area contributed by atoms with Gasteiger partial charge in [-0.1, -0.05) is 48.5 Å². The van der Waals surface area contributed by atoms with E-state index in [2.05, 4.69) is 0 Å². The summed E-state index contributed by atoms with van der Waals surface area (Å²) in [5.41, 5.74) is 9.57. The van der Waals surface area contributed by atoms with Crippen LogP contribution in [0.25, 0.3) is 11.1 Å². The fraction of sp³-hybridized carbons (Fsp3) is 0.188. The summed E-state index contributed by atoms with van der Waals surface area (Å²) in [5, 5.41) is 8.94. The van der Waals surface area contributed by atoms with E-state index in [1.807, 2.05) is 48.5 Å². The summed E-state index contributed by atoms with van der Waals surface area (Å²) in [6.07, 6.45) is 0.901. The van der Waals surface area contributed by atoms with Gasteiger partial charge in [-0.05, 0) is 35.2 Å². The van der Waals surface area contributed by atoms with Gasteiger partial charge in [0.25, 0.3) is 0 Å². The minimum absolute atomic E-state index is 0.0424. The average molecular weight is 255 g/mol. The van der Waals surface area contributed by atoms with E-state index in [9.17, 15) is 4.79 Å². The van der Waals surface area contributed by atoms with Crippen molar-refractivity contribution in [2.45, 2.75) is 12.8 Å². The molecule has 19 heavy (non-hydrogen) atoms. The van der Waals surface area contributed by atoms with Gasteiger partial charge in [0.15, 0.2) is 0 Å². The lowest BCUT2D eigenvalue weighted by atomic mass is 9.96. The van der Waals surface area contributed by atoms with Crippen molar-refractivity contribution in [1.29, 1.82) is 0 Å². The van der Waals surface area contributed by atoms with Gasteiger partial charge < -0.3 is 10.8 Å². The van der Waals surface area contributed by atoms with Gasteiger partial charge in [-0.15, -0.1) is 0 Å². The molecule has 0 radical (unpaired) electrons. The molecule has 98 valence electrons. The van der Waals surface area contributed by atoms with Gasteiger partial charge in [0.1, 0.15) is 0 Å². The number of carboxylic acid groups (broad SMARTS) is 1. The predicted octanol–water partition coefficient (Wildman–Crippen LogP) is 2.48. The van der Waals surface area contributed by atoms with Gasteiger partial charge in [0.2, 0.25) is 0 Å². The first-order valence-corrected chi connectivity index (χ1v) is 6.30. The number of carbonyl (C=O) groups is 1. The maximum absolute atomic E-state index is 10.9. The van der Waals surface area contributed by atoms with E-state index in [4.69, 9.17) is 10.8 Å². The zero-order valence-electron chi connectivity index (χ0n) is 10.7. The predicted molar refractivity (Wildman–Crippen MR) is 76.0 cm³/mol. The van der Waals surface area contributed by atoms with Crippen LogP contribution in [0, 0.1) is 0 Å². The third kappa shape index (κ3) is 3.42. The second kappa shape index (κ2) is 6.16. The van der Waals surface area contributed by atoms with Gasteiger partial charge in [0.05, 0.1) is 6.42 Å². The number of nitrogens with two attached hydrogens (primary N) is 1. The molecule has 3 N–H and O–H groups in total. The minimum atomic E-state index is -0.813. The number of carboxylic acids is 1. The molecule has 2 rings (SSSR count). The van der Waals surface area contributed by atoms with Crippen molar-refractivity contribution in [2.24, 2.45) is 5.73 Å². The fourth-order valence-electron chi connectivity index (χ4n) is 2.14. The van der Waals surface area contributed by atoms with Crippen LogP contribution in [0.2, 0.25) is 0 Å². The Morgan fingerprint density at radius 3 is 2.37 bits per heavy atom. The molecule has 2 aromatic carbocycles. The molecule has 0 aliphatic heterocycles. The van der Waals surface area contributed by atoms with Crippen LogP contribution >= 0.6 is 0 Å². The second-order valence-corrected chi connectivity index (χ2v) is 4.46. The Bertz CT molecular complexity index is 561. The number of hydrogen-bond acceptors (Lipinski definition) is 2. The molecule has 0 bridgehead atoms. The van der Waals surface area contributed by atoms with Crippen LogP contribution in [0.15, 0.2) is 48.5 Å². The Morgan fingerprint density at radius 2 is 1.74 bits per heavy atom. The smallest absolute Gasteiger partial charge is 0.307 e. The van der Waals surface area contributed by atoms with E-state index < -0.39 is 5.97 Å². The van der Waals surface area contributed by atoms with Gasteiger partial charge >= 0.3 is 5.97 Å². The lowest BCUT2D eigenvalue weighted by Crippen LogP contribution is -2.03. The summed E-state index contributed by atoms with van der Waals surface area (Å²) in [6, 6.07) is 15.7. The van der Waals surface area contributed by atoms with Crippen molar-refractivity contribution in [1.82, 2.24) is 0 Å². The van der Waals surface area contributed by atoms with Crippen LogP contribution in [0.4, 0.5) is 0 Å². The topological polar surface area (TPSA) is 63.3 Å². The summed E-state index contributed by atoms with van der Waals surface area (Å²) in [4.78, 5) is 10.9. The summed E-state index contributed by atoms with van der Waals surface area (Å²) >= 11 is 0. The summed E-state index contributed by atoms with van der Waals surface area (Å²) in [6.45, 7) is 0.634. The van der Waals surface area contributed by atoms with Crippen LogP contribution in [0.5, 0.6) is 0 Å². The standard InChI is InChI=1S/C16H17NO2/c17-10-9-12-5-7-13(8-6-12)15-4-2-1-3-14(15)11-16(18)19/h1-8H,9-11,17H2,(H,18,19). The van der Waals surface area contributed by atoms with Gasteiger partial charge in [0, 0.05) is 0 Å². The molecule has 0 saturated carbocycles. The van der Waals surface area contributed by atoms with Crippen molar-refractivity contribution in [3.8, 4) is 11.1 Å². The Morgan fingerprint density at radius 1 is 1.05 bits per heavy atom. The molecule has 0 aromatic heterocycles. The zero-order chi connectivity index (χ0) is 13.7. The van der Waals surface area contributed by atoms with Crippen molar-refractivity contribution in [3.63, 3.8) is 0 Å². The quantitative estimate of drug-likeness (QED) is 0.862. The Hall–Kier alpha value is -2.13. The van der Waals surface area contributed by atoms with Gasteiger partial charge in [-0.25, -0.2) is 0 Å². The molecular weight excluding hydrogens is 238 g/mol. The molecular formula is C16H17NO2. The van der Waals surface area contributed by atoms with Crippen LogP contribution in [-0.2, 0) is 17.6 Å². The average Bonchev–Trinajstić information content (AvgIpc) is 2.40. The molecule has 0 amide bonds. The highest BCUT2D eigenvalue weighted by molar-refractivity contribution is 5.76.